The number of hydrogen-bond donors (Lipinski definition) is 1. The van der Waals surface area contributed by atoms with Gasteiger partial charge in [0.05, 0.1) is 19.9 Å². The van der Waals surface area contributed by atoms with Gasteiger partial charge in [-0.1, -0.05) is 24.3 Å². The number of rotatable bonds is 8. The molecule has 1 heterocycles. The number of ether oxygens (including phenoxy) is 3. The molecule has 1 saturated heterocycles. The summed E-state index contributed by atoms with van der Waals surface area (Å²) in [5.74, 6) is 2.23. The molecule has 0 aliphatic carbocycles. The number of piperazine rings is 1. The van der Waals surface area contributed by atoms with Crippen LogP contribution in [0.1, 0.15) is 0 Å². The molecule has 146 valence electrons. The van der Waals surface area contributed by atoms with Crippen molar-refractivity contribution in [2.24, 2.45) is 0 Å². The van der Waals surface area contributed by atoms with Gasteiger partial charge in [-0.2, -0.15) is 0 Å². The first-order valence-corrected chi connectivity index (χ1v) is 9.25. The standard InChI is InChI=1S/C21H28N2O4/c1-25-19-8-4-3-7-18(19)23-13-11-22(12-14-23)15-17(24)16-27-21-10-6-5-9-20(21)26-2/h3-10,17,24H,11-16H2,1-2H3/t17-/m1/s1. The van der Waals surface area contributed by atoms with E-state index in [0.29, 0.717) is 18.0 Å². The first-order valence-electron chi connectivity index (χ1n) is 9.25. The van der Waals surface area contributed by atoms with E-state index in [9.17, 15) is 5.11 Å². The van der Waals surface area contributed by atoms with Gasteiger partial charge in [0, 0.05) is 32.7 Å². The van der Waals surface area contributed by atoms with Crippen LogP contribution >= 0.6 is 0 Å². The Balaban J connectivity index is 1.46. The lowest BCUT2D eigenvalue weighted by Gasteiger charge is -2.37. The molecule has 2 aromatic rings. The minimum absolute atomic E-state index is 0.243. The average molecular weight is 372 g/mol. The molecule has 2 aromatic carbocycles. The van der Waals surface area contributed by atoms with E-state index >= 15 is 0 Å². The predicted octanol–water partition coefficient (Wildman–Crippen LogP) is 2.27. The molecule has 1 fully saturated rings. The molecule has 1 atom stereocenters. The van der Waals surface area contributed by atoms with Crippen molar-refractivity contribution in [1.29, 1.82) is 0 Å². The van der Waals surface area contributed by atoms with Crippen LogP contribution < -0.4 is 19.1 Å². The Bertz CT molecular complexity index is 717. The predicted molar refractivity (Wildman–Crippen MR) is 106 cm³/mol. The second-order valence-electron chi connectivity index (χ2n) is 6.58. The summed E-state index contributed by atoms with van der Waals surface area (Å²) in [5.41, 5.74) is 1.12. The topological polar surface area (TPSA) is 54.4 Å². The van der Waals surface area contributed by atoms with E-state index in [1.165, 1.54) is 0 Å². The third-order valence-electron chi connectivity index (χ3n) is 4.77. The van der Waals surface area contributed by atoms with Crippen LogP contribution in [0.4, 0.5) is 5.69 Å². The van der Waals surface area contributed by atoms with E-state index in [1.54, 1.807) is 14.2 Å². The summed E-state index contributed by atoms with van der Waals surface area (Å²) in [6.07, 6.45) is -0.548. The molecule has 0 unspecified atom stereocenters. The lowest BCUT2D eigenvalue weighted by atomic mass is 10.2. The maximum absolute atomic E-state index is 10.4. The van der Waals surface area contributed by atoms with Gasteiger partial charge >= 0.3 is 0 Å². The zero-order valence-electron chi connectivity index (χ0n) is 16.0. The number of aliphatic hydroxyl groups is 1. The van der Waals surface area contributed by atoms with Gasteiger partial charge in [-0.05, 0) is 24.3 Å². The molecule has 0 radical (unpaired) electrons. The minimum Gasteiger partial charge on any atom is -0.495 e. The average Bonchev–Trinajstić information content (AvgIpc) is 2.73. The fourth-order valence-corrected chi connectivity index (χ4v) is 3.34. The van der Waals surface area contributed by atoms with Crippen molar-refractivity contribution >= 4 is 5.69 Å². The maximum Gasteiger partial charge on any atom is 0.161 e. The van der Waals surface area contributed by atoms with Gasteiger partial charge in [-0.15, -0.1) is 0 Å². The molecule has 1 aliphatic heterocycles. The number of para-hydroxylation sites is 4. The van der Waals surface area contributed by atoms with Crippen molar-refractivity contribution in [3.05, 3.63) is 48.5 Å². The Kier molecular flexibility index (Phi) is 6.79. The van der Waals surface area contributed by atoms with Crippen LogP contribution in [0.2, 0.25) is 0 Å². The lowest BCUT2D eigenvalue weighted by molar-refractivity contribution is 0.0653. The molecule has 0 aromatic heterocycles. The molecule has 0 amide bonds. The molecule has 6 heteroatoms. The second kappa shape index (κ2) is 9.48. The Hall–Kier alpha value is -2.44. The number of nitrogens with zero attached hydrogens (tertiary/aromatic N) is 2. The van der Waals surface area contributed by atoms with Crippen LogP contribution in [0, 0.1) is 0 Å². The molecule has 1 aliphatic rings. The van der Waals surface area contributed by atoms with E-state index in [-0.39, 0.29) is 6.61 Å². The summed E-state index contributed by atoms with van der Waals surface area (Å²) in [5, 5.41) is 10.4. The normalized spacial score (nSPS) is 16.0. The molecule has 3 rings (SSSR count). The zero-order chi connectivity index (χ0) is 19.1. The fourth-order valence-electron chi connectivity index (χ4n) is 3.34. The molecule has 1 N–H and O–H groups in total. The van der Waals surface area contributed by atoms with Crippen LogP contribution in [-0.2, 0) is 0 Å². The van der Waals surface area contributed by atoms with Crippen LogP contribution in [0.3, 0.4) is 0 Å². The van der Waals surface area contributed by atoms with Crippen LogP contribution in [0.15, 0.2) is 48.5 Å². The lowest BCUT2D eigenvalue weighted by Crippen LogP contribution is -2.49. The monoisotopic (exact) mass is 372 g/mol. The number of benzene rings is 2. The third-order valence-corrected chi connectivity index (χ3v) is 4.77. The van der Waals surface area contributed by atoms with Crippen LogP contribution in [0.5, 0.6) is 17.2 Å². The number of aliphatic hydroxyl groups excluding tert-OH is 1. The van der Waals surface area contributed by atoms with E-state index in [2.05, 4.69) is 15.9 Å². The maximum atomic E-state index is 10.4. The smallest absolute Gasteiger partial charge is 0.161 e. The number of hydrogen-bond acceptors (Lipinski definition) is 6. The van der Waals surface area contributed by atoms with Crippen molar-refractivity contribution in [1.82, 2.24) is 4.90 Å². The first kappa shape index (κ1) is 19.3. The molecular weight excluding hydrogens is 344 g/mol. The SMILES string of the molecule is COc1ccccc1OC[C@H](O)CN1CCN(c2ccccc2OC)CC1. The van der Waals surface area contributed by atoms with Crippen LogP contribution in [-0.4, -0.2) is 69.7 Å². The Labute approximate surface area is 160 Å². The summed E-state index contributed by atoms with van der Waals surface area (Å²) in [6.45, 7) is 4.43. The van der Waals surface area contributed by atoms with Gasteiger partial charge in [0.15, 0.2) is 11.5 Å². The van der Waals surface area contributed by atoms with E-state index in [4.69, 9.17) is 14.2 Å². The summed E-state index contributed by atoms with van der Waals surface area (Å²) < 4.78 is 16.5. The van der Waals surface area contributed by atoms with Crippen molar-refractivity contribution in [3.63, 3.8) is 0 Å². The second-order valence-corrected chi connectivity index (χ2v) is 6.58. The molecule has 0 saturated carbocycles. The van der Waals surface area contributed by atoms with E-state index in [0.717, 1.165) is 37.6 Å². The highest BCUT2D eigenvalue weighted by atomic mass is 16.5. The highest BCUT2D eigenvalue weighted by molar-refractivity contribution is 5.58. The summed E-state index contributed by atoms with van der Waals surface area (Å²) in [4.78, 5) is 4.59. The third kappa shape index (κ3) is 5.05. The number of anilines is 1. The Morgan fingerprint density at radius 2 is 1.44 bits per heavy atom. The fraction of sp³-hybridized carbons (Fsp3) is 0.429. The molecule has 0 spiro atoms. The summed E-state index contributed by atoms with van der Waals surface area (Å²) in [7, 11) is 3.31. The van der Waals surface area contributed by atoms with E-state index in [1.807, 2.05) is 42.5 Å². The van der Waals surface area contributed by atoms with Gasteiger partial charge in [0.1, 0.15) is 18.5 Å². The Morgan fingerprint density at radius 3 is 2.11 bits per heavy atom. The first-order chi connectivity index (χ1) is 13.2. The quantitative estimate of drug-likeness (QED) is 0.767. The van der Waals surface area contributed by atoms with Gasteiger partial charge in [-0.3, -0.25) is 4.90 Å². The molecule has 27 heavy (non-hydrogen) atoms. The molecule has 0 bridgehead atoms. The van der Waals surface area contributed by atoms with Crippen molar-refractivity contribution in [2.75, 3.05) is 58.5 Å². The van der Waals surface area contributed by atoms with Gasteiger partial charge < -0.3 is 24.2 Å². The minimum atomic E-state index is -0.548. The van der Waals surface area contributed by atoms with Gasteiger partial charge in [-0.25, -0.2) is 0 Å². The van der Waals surface area contributed by atoms with Crippen molar-refractivity contribution < 1.29 is 19.3 Å². The molecular formula is C21H28N2O4. The zero-order valence-corrected chi connectivity index (χ0v) is 16.0. The van der Waals surface area contributed by atoms with Gasteiger partial charge in [0.25, 0.3) is 0 Å². The Morgan fingerprint density at radius 1 is 0.852 bits per heavy atom. The summed E-state index contributed by atoms with van der Waals surface area (Å²) in [6, 6.07) is 15.6. The number of β-amino-alcohol motifs (C(OH)–C–C–N with tert-alkyl or cyclic N) is 1. The van der Waals surface area contributed by atoms with Gasteiger partial charge in [0.2, 0.25) is 0 Å². The molecule has 6 nitrogen and oxygen atoms in total. The number of methoxy groups -OCH3 is 2. The largest absolute Gasteiger partial charge is 0.495 e. The van der Waals surface area contributed by atoms with Crippen molar-refractivity contribution in [2.45, 2.75) is 6.10 Å². The van der Waals surface area contributed by atoms with E-state index < -0.39 is 6.10 Å². The summed E-state index contributed by atoms with van der Waals surface area (Å²) >= 11 is 0. The van der Waals surface area contributed by atoms with Crippen molar-refractivity contribution in [3.8, 4) is 17.2 Å². The highest BCUT2D eigenvalue weighted by Crippen LogP contribution is 2.28. The highest BCUT2D eigenvalue weighted by Gasteiger charge is 2.21. The van der Waals surface area contributed by atoms with Crippen LogP contribution in [0.25, 0.3) is 0 Å².